The first-order chi connectivity index (χ1) is 7.69. The molecule has 1 aromatic rings. The number of hydrogen-bond acceptors (Lipinski definition) is 3. The molecule has 0 saturated heterocycles. The molecule has 0 heterocycles. The Morgan fingerprint density at radius 1 is 1.38 bits per heavy atom. The minimum absolute atomic E-state index is 0.113. The van der Waals surface area contributed by atoms with Gasteiger partial charge in [-0.3, -0.25) is 0 Å². The van der Waals surface area contributed by atoms with E-state index in [0.717, 1.165) is 17.9 Å². The van der Waals surface area contributed by atoms with Gasteiger partial charge in [-0.15, -0.1) is 0 Å². The van der Waals surface area contributed by atoms with E-state index >= 15 is 0 Å². The van der Waals surface area contributed by atoms with Crippen molar-refractivity contribution in [2.45, 2.75) is 26.5 Å². The zero-order chi connectivity index (χ0) is 12.0. The molecule has 0 fully saturated rings. The monoisotopic (exact) mass is 223 g/mol. The van der Waals surface area contributed by atoms with Crippen LogP contribution in [0.15, 0.2) is 18.2 Å². The molecule has 0 bridgehead atoms. The first kappa shape index (κ1) is 13.0. The number of benzene rings is 1. The maximum Gasteiger partial charge on any atom is 0.126 e. The molecule has 0 spiro atoms. The van der Waals surface area contributed by atoms with Crippen LogP contribution in [-0.2, 0) is 11.3 Å². The lowest BCUT2D eigenvalue weighted by Crippen LogP contribution is -2.17. The number of hydrogen-bond donors (Lipinski definition) is 1. The fourth-order valence-electron chi connectivity index (χ4n) is 1.52. The maximum atomic E-state index is 5.81. The third kappa shape index (κ3) is 3.51. The van der Waals surface area contributed by atoms with Crippen LogP contribution >= 0.6 is 0 Å². The highest BCUT2D eigenvalue weighted by atomic mass is 16.5. The van der Waals surface area contributed by atoms with Gasteiger partial charge in [0.15, 0.2) is 0 Å². The van der Waals surface area contributed by atoms with Crippen molar-refractivity contribution < 1.29 is 9.47 Å². The highest BCUT2D eigenvalue weighted by molar-refractivity contribution is 5.40. The van der Waals surface area contributed by atoms with Crippen molar-refractivity contribution in [2.75, 3.05) is 20.8 Å². The van der Waals surface area contributed by atoms with Crippen molar-refractivity contribution in [1.29, 1.82) is 0 Å². The number of aryl methyl sites for hydroxylation is 1. The molecule has 1 N–H and O–H groups in total. The van der Waals surface area contributed by atoms with Crippen molar-refractivity contribution in [3.63, 3.8) is 0 Å². The quantitative estimate of drug-likeness (QED) is 0.801. The van der Waals surface area contributed by atoms with Crippen molar-refractivity contribution in [2.24, 2.45) is 0 Å². The molecule has 1 unspecified atom stereocenters. The van der Waals surface area contributed by atoms with Crippen LogP contribution in [0.2, 0.25) is 0 Å². The Bertz CT molecular complexity index is 326. The zero-order valence-corrected chi connectivity index (χ0v) is 10.5. The van der Waals surface area contributed by atoms with Gasteiger partial charge in [0.25, 0.3) is 0 Å². The number of nitrogens with one attached hydrogen (secondary N) is 1. The minimum atomic E-state index is 0.113. The molecule has 0 aromatic heterocycles. The fraction of sp³-hybridized carbons (Fsp3) is 0.538. The average molecular weight is 223 g/mol. The molecule has 3 nitrogen and oxygen atoms in total. The molecule has 90 valence electrons. The Labute approximate surface area is 97.8 Å². The van der Waals surface area contributed by atoms with Gasteiger partial charge in [0, 0.05) is 19.2 Å². The van der Waals surface area contributed by atoms with E-state index in [1.807, 2.05) is 14.0 Å². The van der Waals surface area contributed by atoms with Gasteiger partial charge in [0.2, 0.25) is 0 Å². The number of para-hydroxylation sites is 1. The highest BCUT2D eigenvalue weighted by Gasteiger charge is 2.08. The first-order valence-corrected chi connectivity index (χ1v) is 5.57. The van der Waals surface area contributed by atoms with Crippen LogP contribution in [0.3, 0.4) is 0 Å². The summed E-state index contributed by atoms with van der Waals surface area (Å²) in [6, 6.07) is 6.19. The molecule has 0 aliphatic heterocycles. The summed E-state index contributed by atoms with van der Waals surface area (Å²) >= 11 is 0. The Morgan fingerprint density at radius 3 is 2.75 bits per heavy atom. The molecule has 0 radical (unpaired) electrons. The maximum absolute atomic E-state index is 5.81. The van der Waals surface area contributed by atoms with E-state index in [1.165, 1.54) is 5.56 Å². The summed E-state index contributed by atoms with van der Waals surface area (Å²) in [5, 5.41) is 3.14. The number of ether oxygens (including phenoxy) is 2. The van der Waals surface area contributed by atoms with Crippen LogP contribution in [0.25, 0.3) is 0 Å². The van der Waals surface area contributed by atoms with Crippen molar-refractivity contribution in [3.05, 3.63) is 29.3 Å². The van der Waals surface area contributed by atoms with Gasteiger partial charge in [-0.2, -0.15) is 0 Å². The molecule has 16 heavy (non-hydrogen) atoms. The highest BCUT2D eigenvalue weighted by Crippen LogP contribution is 2.23. The number of methoxy groups -OCH3 is 1. The van der Waals surface area contributed by atoms with Gasteiger partial charge in [-0.05, 0) is 26.5 Å². The van der Waals surface area contributed by atoms with E-state index in [4.69, 9.17) is 9.47 Å². The lowest BCUT2D eigenvalue weighted by atomic mass is 10.1. The lowest BCUT2D eigenvalue weighted by Gasteiger charge is -2.16. The molecular weight excluding hydrogens is 202 g/mol. The third-order valence-corrected chi connectivity index (χ3v) is 2.53. The second-order valence-corrected chi connectivity index (χ2v) is 3.95. The summed E-state index contributed by atoms with van der Waals surface area (Å²) < 4.78 is 11.0. The summed E-state index contributed by atoms with van der Waals surface area (Å²) in [5.41, 5.74) is 2.35. The fourth-order valence-corrected chi connectivity index (χ4v) is 1.52. The summed E-state index contributed by atoms with van der Waals surface area (Å²) in [7, 11) is 3.63. The molecule has 1 aromatic carbocycles. The van der Waals surface area contributed by atoms with Crippen LogP contribution in [0.5, 0.6) is 5.75 Å². The Balaban J connectivity index is 2.75. The molecular formula is C13H21NO2. The normalized spacial score (nSPS) is 12.5. The van der Waals surface area contributed by atoms with E-state index in [-0.39, 0.29) is 6.10 Å². The van der Waals surface area contributed by atoms with Gasteiger partial charge in [-0.1, -0.05) is 18.2 Å². The molecule has 1 rings (SSSR count). The first-order valence-electron chi connectivity index (χ1n) is 5.57. The third-order valence-electron chi connectivity index (χ3n) is 2.53. The molecule has 3 heteroatoms. The largest absolute Gasteiger partial charge is 0.490 e. The second kappa shape index (κ2) is 6.51. The predicted molar refractivity (Wildman–Crippen MR) is 65.9 cm³/mol. The van der Waals surface area contributed by atoms with E-state index in [1.54, 1.807) is 7.11 Å². The van der Waals surface area contributed by atoms with Crippen molar-refractivity contribution in [3.8, 4) is 5.75 Å². The van der Waals surface area contributed by atoms with Gasteiger partial charge < -0.3 is 14.8 Å². The molecule has 0 aliphatic carbocycles. The van der Waals surface area contributed by atoms with Crippen molar-refractivity contribution >= 4 is 0 Å². The van der Waals surface area contributed by atoms with E-state index < -0.39 is 0 Å². The molecule has 0 aliphatic rings. The van der Waals surface area contributed by atoms with Crippen LogP contribution in [0.1, 0.15) is 18.1 Å². The van der Waals surface area contributed by atoms with Gasteiger partial charge >= 0.3 is 0 Å². The van der Waals surface area contributed by atoms with Gasteiger partial charge in [0.1, 0.15) is 12.4 Å². The summed E-state index contributed by atoms with van der Waals surface area (Å²) in [6.07, 6.45) is 0.113. The number of rotatable bonds is 6. The van der Waals surface area contributed by atoms with Crippen LogP contribution < -0.4 is 10.1 Å². The molecule has 0 amide bonds. The van der Waals surface area contributed by atoms with E-state index in [9.17, 15) is 0 Å². The van der Waals surface area contributed by atoms with E-state index in [0.29, 0.717) is 6.61 Å². The Morgan fingerprint density at radius 2 is 2.12 bits per heavy atom. The smallest absolute Gasteiger partial charge is 0.126 e. The van der Waals surface area contributed by atoms with E-state index in [2.05, 4.69) is 30.4 Å². The predicted octanol–water partition coefficient (Wildman–Crippen LogP) is 2.13. The second-order valence-electron chi connectivity index (χ2n) is 3.95. The topological polar surface area (TPSA) is 30.5 Å². The van der Waals surface area contributed by atoms with Crippen LogP contribution in [-0.4, -0.2) is 26.9 Å². The molecule has 0 saturated carbocycles. The summed E-state index contributed by atoms with van der Waals surface area (Å²) in [4.78, 5) is 0. The van der Waals surface area contributed by atoms with Crippen LogP contribution in [0, 0.1) is 6.92 Å². The Hall–Kier alpha value is -1.06. The van der Waals surface area contributed by atoms with Crippen LogP contribution in [0.4, 0.5) is 0 Å². The van der Waals surface area contributed by atoms with Gasteiger partial charge in [-0.25, -0.2) is 0 Å². The minimum Gasteiger partial charge on any atom is -0.490 e. The Kier molecular flexibility index (Phi) is 5.29. The standard InChI is InChI=1S/C13H21NO2/c1-10-6-5-7-12(8-14-3)13(10)16-9-11(2)15-4/h5-7,11,14H,8-9H2,1-4H3. The van der Waals surface area contributed by atoms with Gasteiger partial charge in [0.05, 0.1) is 6.10 Å². The summed E-state index contributed by atoms with van der Waals surface area (Å²) in [5.74, 6) is 0.973. The molecule has 1 atom stereocenters. The van der Waals surface area contributed by atoms with Crippen molar-refractivity contribution in [1.82, 2.24) is 5.32 Å². The SMILES string of the molecule is CNCc1cccc(C)c1OCC(C)OC. The lowest BCUT2D eigenvalue weighted by molar-refractivity contribution is 0.0710. The summed E-state index contributed by atoms with van der Waals surface area (Å²) in [6.45, 7) is 5.46. The average Bonchev–Trinajstić information content (AvgIpc) is 2.28. The zero-order valence-electron chi connectivity index (χ0n) is 10.5.